The fourth-order valence-electron chi connectivity index (χ4n) is 1.85. The fourth-order valence-corrected chi connectivity index (χ4v) is 1.85. The van der Waals surface area contributed by atoms with E-state index in [4.69, 9.17) is 4.74 Å². The molecule has 19 heavy (non-hydrogen) atoms. The topological polar surface area (TPSA) is 63.7 Å². The Hall–Kier alpha value is -2.43. The van der Waals surface area contributed by atoms with Crippen LogP contribution >= 0.6 is 0 Å². The summed E-state index contributed by atoms with van der Waals surface area (Å²) in [5, 5.41) is 0. The minimum atomic E-state index is -0.961. The maximum Gasteiger partial charge on any atom is 0.335 e. The monoisotopic (exact) mass is 259 g/mol. The van der Waals surface area contributed by atoms with Gasteiger partial charge in [-0.1, -0.05) is 18.7 Å². The largest absolute Gasteiger partial charge is 0.438 e. The lowest BCUT2D eigenvalue weighted by atomic mass is 10.1. The number of carbonyl (C=O) groups excluding carboxylic acids is 3. The number of benzene rings is 1. The van der Waals surface area contributed by atoms with Crippen LogP contribution in [0.25, 0.3) is 0 Å². The van der Waals surface area contributed by atoms with Crippen LogP contribution in [0.2, 0.25) is 0 Å². The molecule has 0 saturated heterocycles. The number of carbonyl (C=O) groups is 3. The van der Waals surface area contributed by atoms with Gasteiger partial charge < -0.3 is 4.74 Å². The van der Waals surface area contributed by atoms with Gasteiger partial charge in [0, 0.05) is 5.57 Å². The molecule has 0 saturated carbocycles. The molecule has 0 aliphatic carbocycles. The minimum Gasteiger partial charge on any atom is -0.438 e. The summed E-state index contributed by atoms with van der Waals surface area (Å²) in [5.74, 6) is -1.55. The van der Waals surface area contributed by atoms with Crippen molar-refractivity contribution in [3.63, 3.8) is 0 Å². The van der Waals surface area contributed by atoms with Gasteiger partial charge in [-0.3, -0.25) is 9.59 Å². The van der Waals surface area contributed by atoms with E-state index in [9.17, 15) is 14.4 Å². The van der Waals surface area contributed by atoms with E-state index in [1.807, 2.05) is 0 Å². The maximum atomic E-state index is 12.1. The van der Waals surface area contributed by atoms with Crippen LogP contribution in [-0.4, -0.2) is 28.9 Å². The molecular weight excluding hydrogens is 246 g/mol. The molecule has 1 aliphatic rings. The van der Waals surface area contributed by atoms with Crippen molar-refractivity contribution < 1.29 is 19.1 Å². The quantitative estimate of drug-likeness (QED) is 0.471. The van der Waals surface area contributed by atoms with Gasteiger partial charge in [-0.25, -0.2) is 9.69 Å². The van der Waals surface area contributed by atoms with Crippen molar-refractivity contribution in [1.82, 2.24) is 4.90 Å². The number of imide groups is 1. The SMILES string of the molecule is C=C(C)C(=O)OC(C)N1C(=O)c2ccccc2C1=O. The maximum absolute atomic E-state index is 12.1. The minimum absolute atomic E-state index is 0.212. The summed E-state index contributed by atoms with van der Waals surface area (Å²) in [6.45, 7) is 6.42. The van der Waals surface area contributed by atoms with E-state index in [0.29, 0.717) is 11.1 Å². The molecule has 5 nitrogen and oxygen atoms in total. The normalized spacial score (nSPS) is 15.2. The molecule has 1 atom stereocenters. The summed E-state index contributed by atoms with van der Waals surface area (Å²) in [6, 6.07) is 6.50. The predicted molar refractivity (Wildman–Crippen MR) is 67.3 cm³/mol. The van der Waals surface area contributed by atoms with E-state index in [1.54, 1.807) is 24.3 Å². The zero-order chi connectivity index (χ0) is 14.2. The molecule has 2 amide bonds. The second kappa shape index (κ2) is 4.68. The average Bonchev–Trinajstić information content (AvgIpc) is 2.62. The van der Waals surface area contributed by atoms with Crippen molar-refractivity contribution in [2.24, 2.45) is 0 Å². The van der Waals surface area contributed by atoms with Crippen molar-refractivity contribution in [2.45, 2.75) is 20.1 Å². The Bertz CT molecular complexity index is 556. The third kappa shape index (κ3) is 2.14. The highest BCUT2D eigenvalue weighted by Gasteiger charge is 2.39. The number of ether oxygens (including phenoxy) is 1. The van der Waals surface area contributed by atoms with Gasteiger partial charge in [-0.05, 0) is 26.0 Å². The number of nitrogens with zero attached hydrogens (tertiary/aromatic N) is 1. The molecule has 2 rings (SSSR count). The van der Waals surface area contributed by atoms with Gasteiger partial charge in [0.25, 0.3) is 11.8 Å². The number of amides is 2. The summed E-state index contributed by atoms with van der Waals surface area (Å²) in [7, 11) is 0. The van der Waals surface area contributed by atoms with Crippen LogP contribution in [0.15, 0.2) is 36.4 Å². The predicted octanol–water partition coefficient (Wildman–Crippen LogP) is 1.75. The number of esters is 1. The lowest BCUT2D eigenvalue weighted by Gasteiger charge is -2.22. The van der Waals surface area contributed by atoms with Gasteiger partial charge in [-0.2, -0.15) is 0 Å². The van der Waals surface area contributed by atoms with Gasteiger partial charge in [-0.15, -0.1) is 0 Å². The molecule has 0 N–H and O–H groups in total. The second-order valence-electron chi connectivity index (χ2n) is 4.31. The Kier molecular flexibility index (Phi) is 3.21. The molecule has 0 aromatic heterocycles. The molecule has 0 radical (unpaired) electrons. The van der Waals surface area contributed by atoms with Crippen molar-refractivity contribution in [1.29, 1.82) is 0 Å². The van der Waals surface area contributed by atoms with E-state index < -0.39 is 24.0 Å². The smallest absolute Gasteiger partial charge is 0.335 e. The van der Waals surface area contributed by atoms with Gasteiger partial charge >= 0.3 is 5.97 Å². The average molecular weight is 259 g/mol. The summed E-state index contributed by atoms with van der Waals surface area (Å²) in [6.07, 6.45) is -0.961. The molecule has 5 heteroatoms. The van der Waals surface area contributed by atoms with E-state index in [-0.39, 0.29) is 5.57 Å². The summed E-state index contributed by atoms with van der Waals surface area (Å²) in [4.78, 5) is 36.5. The van der Waals surface area contributed by atoms with Crippen molar-refractivity contribution in [2.75, 3.05) is 0 Å². The Balaban J connectivity index is 2.24. The highest BCUT2D eigenvalue weighted by atomic mass is 16.6. The van der Waals surface area contributed by atoms with Gasteiger partial charge in [0.1, 0.15) is 0 Å². The lowest BCUT2D eigenvalue weighted by molar-refractivity contribution is -0.148. The van der Waals surface area contributed by atoms with Crippen LogP contribution in [0.1, 0.15) is 34.6 Å². The molecule has 0 fully saturated rings. The number of rotatable bonds is 3. The summed E-state index contributed by atoms with van der Waals surface area (Å²) >= 11 is 0. The third-order valence-electron chi connectivity index (χ3n) is 2.82. The van der Waals surface area contributed by atoms with Crippen LogP contribution in [0.4, 0.5) is 0 Å². The van der Waals surface area contributed by atoms with Crippen LogP contribution < -0.4 is 0 Å². The van der Waals surface area contributed by atoms with Crippen LogP contribution in [0.3, 0.4) is 0 Å². The molecule has 1 heterocycles. The standard InChI is InChI=1S/C14H13NO4/c1-8(2)14(18)19-9(3)15-12(16)10-6-4-5-7-11(10)13(15)17/h4-7,9H,1H2,2-3H3. The van der Waals surface area contributed by atoms with Crippen LogP contribution in [0, 0.1) is 0 Å². The van der Waals surface area contributed by atoms with E-state index in [0.717, 1.165) is 4.90 Å². The van der Waals surface area contributed by atoms with Crippen LogP contribution in [0.5, 0.6) is 0 Å². The van der Waals surface area contributed by atoms with E-state index in [2.05, 4.69) is 6.58 Å². The zero-order valence-electron chi connectivity index (χ0n) is 10.7. The first-order valence-corrected chi connectivity index (χ1v) is 5.77. The fraction of sp³-hybridized carbons (Fsp3) is 0.214. The molecule has 0 spiro atoms. The van der Waals surface area contributed by atoms with Crippen molar-refractivity contribution in [3.05, 3.63) is 47.5 Å². The van der Waals surface area contributed by atoms with Gasteiger partial charge in [0.15, 0.2) is 6.23 Å². The molecular formula is C14H13NO4. The molecule has 0 bridgehead atoms. The highest BCUT2D eigenvalue weighted by Crippen LogP contribution is 2.24. The summed E-state index contributed by atoms with van der Waals surface area (Å²) < 4.78 is 5.01. The Morgan fingerprint density at radius 2 is 1.68 bits per heavy atom. The third-order valence-corrected chi connectivity index (χ3v) is 2.82. The summed E-state index contributed by atoms with van der Waals surface area (Å²) in [5.41, 5.74) is 0.861. The Morgan fingerprint density at radius 1 is 1.21 bits per heavy atom. The van der Waals surface area contributed by atoms with E-state index >= 15 is 0 Å². The zero-order valence-corrected chi connectivity index (χ0v) is 10.7. The molecule has 1 unspecified atom stereocenters. The molecule has 1 aromatic rings. The number of hydrogen-bond donors (Lipinski definition) is 0. The van der Waals surface area contributed by atoms with Crippen molar-refractivity contribution in [3.8, 4) is 0 Å². The Labute approximate surface area is 110 Å². The number of fused-ring (bicyclic) bond motifs is 1. The first-order chi connectivity index (χ1) is 8.93. The van der Waals surface area contributed by atoms with Gasteiger partial charge in [0.2, 0.25) is 0 Å². The first-order valence-electron chi connectivity index (χ1n) is 5.77. The Morgan fingerprint density at radius 3 is 2.11 bits per heavy atom. The van der Waals surface area contributed by atoms with Crippen LogP contribution in [-0.2, 0) is 9.53 Å². The first kappa shape index (κ1) is 13.0. The molecule has 1 aliphatic heterocycles. The second-order valence-corrected chi connectivity index (χ2v) is 4.31. The molecule has 1 aromatic carbocycles. The highest BCUT2D eigenvalue weighted by molar-refractivity contribution is 6.21. The lowest BCUT2D eigenvalue weighted by Crippen LogP contribution is -2.40. The van der Waals surface area contributed by atoms with Crippen molar-refractivity contribution >= 4 is 17.8 Å². The number of hydrogen-bond acceptors (Lipinski definition) is 4. The van der Waals surface area contributed by atoms with E-state index in [1.165, 1.54) is 13.8 Å². The molecule has 98 valence electrons. The van der Waals surface area contributed by atoms with Gasteiger partial charge in [0.05, 0.1) is 11.1 Å².